The van der Waals surface area contributed by atoms with Crippen LogP contribution in [0.5, 0.6) is 0 Å². The Bertz CT molecular complexity index is 186. The van der Waals surface area contributed by atoms with Crippen LogP contribution in [0.1, 0.15) is 5.82 Å². The van der Waals surface area contributed by atoms with Gasteiger partial charge in [0.25, 0.3) is 0 Å². The van der Waals surface area contributed by atoms with Crippen LogP contribution in [0.3, 0.4) is 0 Å². The SMILES string of the molecule is CSCc1nsc(N)n1. The fourth-order valence-electron chi connectivity index (χ4n) is 0.455. The Kier molecular flexibility index (Phi) is 2.29. The first-order valence-electron chi connectivity index (χ1n) is 2.40. The fourth-order valence-corrected chi connectivity index (χ4v) is 1.37. The van der Waals surface area contributed by atoms with E-state index in [0.717, 1.165) is 11.6 Å². The Morgan fingerprint density at radius 2 is 2.56 bits per heavy atom. The topological polar surface area (TPSA) is 51.8 Å². The van der Waals surface area contributed by atoms with Crippen LogP contribution in [0.2, 0.25) is 0 Å². The van der Waals surface area contributed by atoms with E-state index in [9.17, 15) is 0 Å². The van der Waals surface area contributed by atoms with Gasteiger partial charge in [0, 0.05) is 11.5 Å². The maximum absolute atomic E-state index is 5.34. The van der Waals surface area contributed by atoms with E-state index < -0.39 is 0 Å². The van der Waals surface area contributed by atoms with Crippen LogP contribution in [0.4, 0.5) is 5.13 Å². The first-order chi connectivity index (χ1) is 4.33. The van der Waals surface area contributed by atoms with Gasteiger partial charge in [-0.1, -0.05) is 0 Å². The van der Waals surface area contributed by atoms with E-state index >= 15 is 0 Å². The van der Waals surface area contributed by atoms with E-state index in [0.29, 0.717) is 5.13 Å². The highest BCUT2D eigenvalue weighted by Gasteiger charge is 1.96. The van der Waals surface area contributed by atoms with E-state index in [-0.39, 0.29) is 0 Å². The number of hydrogen-bond acceptors (Lipinski definition) is 5. The molecule has 0 aliphatic heterocycles. The van der Waals surface area contributed by atoms with Gasteiger partial charge in [0.15, 0.2) is 11.0 Å². The van der Waals surface area contributed by atoms with Crippen molar-refractivity contribution >= 4 is 28.4 Å². The zero-order valence-corrected chi connectivity index (χ0v) is 6.63. The lowest BCUT2D eigenvalue weighted by atomic mass is 10.7. The van der Waals surface area contributed by atoms with Crippen molar-refractivity contribution in [2.45, 2.75) is 5.75 Å². The number of thioether (sulfide) groups is 1. The molecular weight excluding hydrogens is 154 g/mol. The highest BCUT2D eigenvalue weighted by Crippen LogP contribution is 2.09. The summed E-state index contributed by atoms with van der Waals surface area (Å²) in [5, 5.41) is 0.555. The van der Waals surface area contributed by atoms with Gasteiger partial charge in [-0.3, -0.25) is 0 Å². The maximum Gasteiger partial charge on any atom is 0.199 e. The number of rotatable bonds is 2. The number of anilines is 1. The van der Waals surface area contributed by atoms with Crippen LogP contribution >= 0.6 is 23.3 Å². The highest BCUT2D eigenvalue weighted by molar-refractivity contribution is 7.97. The van der Waals surface area contributed by atoms with E-state index in [1.54, 1.807) is 11.8 Å². The first kappa shape index (κ1) is 6.82. The van der Waals surface area contributed by atoms with E-state index in [1.165, 1.54) is 11.5 Å². The quantitative estimate of drug-likeness (QED) is 0.702. The predicted molar refractivity (Wildman–Crippen MR) is 41.5 cm³/mol. The fraction of sp³-hybridized carbons (Fsp3) is 0.500. The second-order valence-corrected chi connectivity index (χ2v) is 3.13. The van der Waals surface area contributed by atoms with Crippen molar-refractivity contribution in [1.29, 1.82) is 0 Å². The summed E-state index contributed by atoms with van der Waals surface area (Å²) in [6.45, 7) is 0. The molecular formula is C4H7N3S2. The summed E-state index contributed by atoms with van der Waals surface area (Å²) in [6, 6.07) is 0. The third-order valence-electron chi connectivity index (χ3n) is 0.757. The molecule has 1 aromatic heterocycles. The van der Waals surface area contributed by atoms with Gasteiger partial charge in [0.1, 0.15) is 0 Å². The number of nitrogen functional groups attached to an aromatic ring is 1. The predicted octanol–water partition coefficient (Wildman–Crippen LogP) is 0.983. The van der Waals surface area contributed by atoms with Gasteiger partial charge in [0.2, 0.25) is 0 Å². The van der Waals surface area contributed by atoms with Crippen molar-refractivity contribution in [3.63, 3.8) is 0 Å². The van der Waals surface area contributed by atoms with Gasteiger partial charge < -0.3 is 5.73 Å². The van der Waals surface area contributed by atoms with Gasteiger partial charge in [-0.15, -0.1) is 0 Å². The largest absolute Gasteiger partial charge is 0.374 e. The molecule has 0 fully saturated rings. The molecule has 0 aromatic carbocycles. The molecule has 0 amide bonds. The standard InChI is InChI=1S/C4H7N3S2/c1-8-2-3-6-4(5)9-7-3/h2H2,1H3,(H2,5,6,7). The van der Waals surface area contributed by atoms with Gasteiger partial charge in [-0.05, 0) is 6.26 Å². The van der Waals surface area contributed by atoms with E-state index in [2.05, 4.69) is 9.36 Å². The average molecular weight is 161 g/mol. The summed E-state index contributed by atoms with van der Waals surface area (Å²) in [5.41, 5.74) is 5.34. The van der Waals surface area contributed by atoms with Crippen LogP contribution < -0.4 is 5.73 Å². The van der Waals surface area contributed by atoms with Gasteiger partial charge in [-0.25, -0.2) is 4.98 Å². The molecule has 5 heteroatoms. The van der Waals surface area contributed by atoms with Gasteiger partial charge >= 0.3 is 0 Å². The van der Waals surface area contributed by atoms with Crippen LogP contribution in [0.25, 0.3) is 0 Å². The number of aromatic nitrogens is 2. The van der Waals surface area contributed by atoms with Gasteiger partial charge in [0.05, 0.1) is 5.75 Å². The Balaban J connectivity index is 2.61. The minimum absolute atomic E-state index is 0.555. The molecule has 9 heavy (non-hydrogen) atoms. The summed E-state index contributed by atoms with van der Waals surface area (Å²) in [6.07, 6.45) is 2.01. The van der Waals surface area contributed by atoms with Crippen LogP contribution in [0, 0.1) is 0 Å². The number of nitrogens with two attached hydrogens (primary N) is 1. The molecule has 0 spiro atoms. The molecule has 1 heterocycles. The lowest BCUT2D eigenvalue weighted by Crippen LogP contribution is -1.84. The summed E-state index contributed by atoms with van der Waals surface area (Å²) in [4.78, 5) is 3.96. The molecule has 0 atom stereocenters. The normalized spacial score (nSPS) is 9.89. The third-order valence-corrected chi connectivity index (χ3v) is 1.88. The second-order valence-electron chi connectivity index (χ2n) is 1.48. The molecule has 1 aromatic rings. The molecule has 0 aliphatic rings. The van der Waals surface area contributed by atoms with Crippen molar-refractivity contribution in [2.75, 3.05) is 12.0 Å². The zero-order valence-electron chi connectivity index (χ0n) is 5.00. The molecule has 0 aliphatic carbocycles. The monoisotopic (exact) mass is 161 g/mol. The molecule has 0 radical (unpaired) electrons. The van der Waals surface area contributed by atoms with Gasteiger partial charge in [-0.2, -0.15) is 16.1 Å². The second kappa shape index (κ2) is 3.03. The summed E-state index contributed by atoms with van der Waals surface area (Å²) in [5.74, 6) is 1.69. The summed E-state index contributed by atoms with van der Waals surface area (Å²) >= 11 is 2.94. The average Bonchev–Trinajstić information content (AvgIpc) is 2.17. The smallest absolute Gasteiger partial charge is 0.199 e. The molecule has 0 saturated carbocycles. The first-order valence-corrected chi connectivity index (χ1v) is 4.56. The highest BCUT2D eigenvalue weighted by atomic mass is 32.2. The zero-order chi connectivity index (χ0) is 6.69. The lowest BCUT2D eigenvalue weighted by Gasteiger charge is -1.83. The van der Waals surface area contributed by atoms with Crippen molar-refractivity contribution in [3.05, 3.63) is 5.82 Å². The Hall–Kier alpha value is -0.290. The molecule has 0 saturated heterocycles. The molecule has 0 unspecified atom stereocenters. The van der Waals surface area contributed by atoms with Crippen molar-refractivity contribution in [2.24, 2.45) is 0 Å². The third kappa shape index (κ3) is 1.83. The van der Waals surface area contributed by atoms with E-state index in [1.807, 2.05) is 6.26 Å². The number of hydrogen-bond donors (Lipinski definition) is 1. The lowest BCUT2D eigenvalue weighted by molar-refractivity contribution is 1.14. The van der Waals surface area contributed by atoms with Crippen molar-refractivity contribution in [3.8, 4) is 0 Å². The Morgan fingerprint density at radius 3 is 3.00 bits per heavy atom. The van der Waals surface area contributed by atoms with Crippen LogP contribution in [-0.4, -0.2) is 15.6 Å². The molecule has 50 valence electrons. The maximum atomic E-state index is 5.34. The minimum atomic E-state index is 0.555. The van der Waals surface area contributed by atoms with Crippen molar-refractivity contribution < 1.29 is 0 Å². The number of nitrogens with zero attached hydrogens (tertiary/aromatic N) is 2. The Morgan fingerprint density at radius 1 is 1.78 bits per heavy atom. The molecule has 0 bridgehead atoms. The van der Waals surface area contributed by atoms with Crippen molar-refractivity contribution in [1.82, 2.24) is 9.36 Å². The minimum Gasteiger partial charge on any atom is -0.374 e. The van der Waals surface area contributed by atoms with E-state index in [4.69, 9.17) is 5.73 Å². The molecule has 3 nitrogen and oxygen atoms in total. The molecule has 1 rings (SSSR count). The summed E-state index contributed by atoms with van der Waals surface area (Å²) in [7, 11) is 0. The van der Waals surface area contributed by atoms with Crippen LogP contribution in [0.15, 0.2) is 0 Å². The van der Waals surface area contributed by atoms with Crippen LogP contribution in [-0.2, 0) is 5.75 Å². The Labute approximate surface area is 61.8 Å². The molecule has 2 N–H and O–H groups in total. The summed E-state index contributed by atoms with van der Waals surface area (Å²) < 4.78 is 3.99.